The van der Waals surface area contributed by atoms with Gasteiger partial charge >= 0.3 is 5.97 Å². The summed E-state index contributed by atoms with van der Waals surface area (Å²) in [6.07, 6.45) is 4.71. The largest absolute Gasteiger partial charge is 0.493 e. The Morgan fingerprint density at radius 2 is 2.29 bits per heavy atom. The van der Waals surface area contributed by atoms with Crippen LogP contribution in [0.1, 0.15) is 40.9 Å². The number of aliphatic carboxylic acids is 1. The van der Waals surface area contributed by atoms with Crippen LogP contribution in [0.3, 0.4) is 0 Å². The zero-order valence-corrected chi connectivity index (χ0v) is 13.4. The third-order valence-electron chi connectivity index (χ3n) is 3.92. The van der Waals surface area contributed by atoms with Crippen molar-refractivity contribution >= 4 is 11.9 Å². The fourth-order valence-corrected chi connectivity index (χ4v) is 2.72. The number of carboxylic acid groups (broad SMARTS) is 1. The zero-order valence-electron chi connectivity index (χ0n) is 13.4. The highest BCUT2D eigenvalue weighted by Crippen LogP contribution is 2.28. The van der Waals surface area contributed by atoms with E-state index in [1.165, 1.54) is 6.20 Å². The lowest BCUT2D eigenvalue weighted by Gasteiger charge is -2.15. The molecule has 1 aromatic carbocycles. The second-order valence-electron chi connectivity index (χ2n) is 5.70. The number of ether oxygens (including phenoxy) is 1. The minimum Gasteiger partial charge on any atom is -0.493 e. The van der Waals surface area contributed by atoms with Gasteiger partial charge in [-0.1, -0.05) is 13.0 Å². The second kappa shape index (κ2) is 6.74. The van der Waals surface area contributed by atoms with Crippen molar-refractivity contribution in [2.24, 2.45) is 0 Å². The molecular weight excluding hydrogens is 310 g/mol. The highest BCUT2D eigenvalue weighted by molar-refractivity contribution is 5.96. The van der Waals surface area contributed by atoms with Crippen molar-refractivity contribution in [1.29, 1.82) is 0 Å². The monoisotopic (exact) mass is 329 g/mol. The van der Waals surface area contributed by atoms with Crippen LogP contribution in [0.2, 0.25) is 0 Å². The van der Waals surface area contributed by atoms with Crippen LogP contribution in [-0.2, 0) is 17.8 Å². The molecule has 1 aliphatic heterocycles. The highest BCUT2D eigenvalue weighted by Gasteiger charge is 2.25. The van der Waals surface area contributed by atoms with Crippen molar-refractivity contribution in [3.8, 4) is 5.75 Å². The van der Waals surface area contributed by atoms with Crippen LogP contribution in [-0.4, -0.2) is 33.4 Å². The van der Waals surface area contributed by atoms with Crippen LogP contribution >= 0.6 is 0 Å². The average molecular weight is 329 g/mol. The van der Waals surface area contributed by atoms with E-state index in [9.17, 15) is 14.7 Å². The second-order valence-corrected chi connectivity index (χ2v) is 5.70. The van der Waals surface area contributed by atoms with Gasteiger partial charge in [0.05, 0.1) is 18.4 Å². The minimum absolute atomic E-state index is 0.346. The lowest BCUT2D eigenvalue weighted by molar-refractivity contribution is -0.139. The fourth-order valence-electron chi connectivity index (χ4n) is 2.72. The molecule has 0 radical (unpaired) electrons. The van der Waals surface area contributed by atoms with Gasteiger partial charge in [0.2, 0.25) is 0 Å². The number of nitrogens with one attached hydrogen (secondary N) is 1. The Morgan fingerprint density at radius 1 is 1.46 bits per heavy atom. The van der Waals surface area contributed by atoms with Gasteiger partial charge in [-0.05, 0) is 29.7 Å². The number of fused-ring (bicyclic) bond motifs is 1. The average Bonchev–Trinajstić information content (AvgIpc) is 3.20. The lowest BCUT2D eigenvalue weighted by Crippen LogP contribution is -2.33. The van der Waals surface area contributed by atoms with Crippen LogP contribution < -0.4 is 10.1 Å². The molecule has 0 fully saturated rings. The number of carboxylic acids is 1. The zero-order chi connectivity index (χ0) is 17.1. The van der Waals surface area contributed by atoms with Gasteiger partial charge in [0.1, 0.15) is 5.75 Å². The molecule has 1 amide bonds. The van der Waals surface area contributed by atoms with Gasteiger partial charge in [0.15, 0.2) is 6.04 Å². The molecule has 2 aromatic rings. The summed E-state index contributed by atoms with van der Waals surface area (Å²) < 4.78 is 7.09. The molecule has 126 valence electrons. The van der Waals surface area contributed by atoms with Crippen LogP contribution in [0.5, 0.6) is 5.75 Å². The molecule has 2 heterocycles. The molecule has 1 aromatic heterocycles. The first kappa shape index (κ1) is 16.0. The number of rotatable bonds is 6. The van der Waals surface area contributed by atoms with E-state index < -0.39 is 17.9 Å². The maximum absolute atomic E-state index is 12.3. The number of nitrogens with zero attached hydrogens (tertiary/aromatic N) is 2. The smallest absolute Gasteiger partial charge is 0.330 e. The summed E-state index contributed by atoms with van der Waals surface area (Å²) in [7, 11) is 0. The number of carbonyl (C=O) groups is 2. The quantitative estimate of drug-likeness (QED) is 0.842. The first-order valence-electron chi connectivity index (χ1n) is 7.90. The summed E-state index contributed by atoms with van der Waals surface area (Å²) in [6, 6.07) is 4.09. The molecule has 7 heteroatoms. The standard InChI is InChI=1S/C17H19N3O4/c1-2-6-20-10-13(9-18-20)16(21)19-15(17(22)23)12-3-4-14-11(8-12)5-7-24-14/h3-4,8-10,15H,2,5-7H2,1H3,(H,19,21)(H,22,23)/t15-/m1/s1. The van der Waals surface area contributed by atoms with Gasteiger partial charge in [-0.15, -0.1) is 0 Å². The molecule has 0 saturated carbocycles. The fraction of sp³-hybridized carbons (Fsp3) is 0.353. The SMILES string of the molecule is CCCn1cc(C(=O)N[C@@H](C(=O)O)c2ccc3c(c2)CCO3)cn1. The molecule has 7 nitrogen and oxygen atoms in total. The number of aromatic nitrogens is 2. The summed E-state index contributed by atoms with van der Waals surface area (Å²) in [6.45, 7) is 3.32. The van der Waals surface area contributed by atoms with E-state index in [0.717, 1.165) is 24.2 Å². The highest BCUT2D eigenvalue weighted by atomic mass is 16.5. The number of amides is 1. The van der Waals surface area contributed by atoms with Crippen LogP contribution in [0, 0.1) is 0 Å². The van der Waals surface area contributed by atoms with Crippen LogP contribution in [0.25, 0.3) is 0 Å². The summed E-state index contributed by atoms with van der Waals surface area (Å²) in [5.74, 6) is -0.792. The third-order valence-corrected chi connectivity index (χ3v) is 3.92. The van der Waals surface area contributed by atoms with E-state index in [4.69, 9.17) is 4.74 Å². The van der Waals surface area contributed by atoms with Crippen molar-refractivity contribution in [3.63, 3.8) is 0 Å². The Bertz CT molecular complexity index is 769. The molecule has 0 saturated heterocycles. The van der Waals surface area contributed by atoms with E-state index in [2.05, 4.69) is 10.4 Å². The first-order valence-corrected chi connectivity index (χ1v) is 7.90. The molecule has 0 unspecified atom stereocenters. The maximum Gasteiger partial charge on any atom is 0.330 e. The molecule has 0 spiro atoms. The van der Waals surface area contributed by atoms with Gasteiger partial charge in [0.25, 0.3) is 5.91 Å². The molecule has 2 N–H and O–H groups in total. The Kier molecular flexibility index (Phi) is 4.50. The van der Waals surface area contributed by atoms with Crippen molar-refractivity contribution < 1.29 is 19.4 Å². The number of aryl methyl sites for hydroxylation is 1. The van der Waals surface area contributed by atoms with E-state index in [1.54, 1.807) is 29.1 Å². The van der Waals surface area contributed by atoms with Crippen molar-refractivity contribution in [2.45, 2.75) is 32.4 Å². The number of carbonyl (C=O) groups excluding carboxylic acids is 1. The van der Waals surface area contributed by atoms with E-state index in [0.29, 0.717) is 24.3 Å². The van der Waals surface area contributed by atoms with Gasteiger partial charge in [-0.25, -0.2) is 4.79 Å². The number of hydrogen-bond acceptors (Lipinski definition) is 4. The Hall–Kier alpha value is -2.83. The minimum atomic E-state index is -1.11. The first-order chi connectivity index (χ1) is 11.6. The van der Waals surface area contributed by atoms with Crippen molar-refractivity contribution in [1.82, 2.24) is 15.1 Å². The van der Waals surface area contributed by atoms with Crippen LogP contribution in [0.4, 0.5) is 0 Å². The van der Waals surface area contributed by atoms with E-state index in [1.807, 2.05) is 6.92 Å². The molecule has 1 atom stereocenters. The maximum atomic E-state index is 12.3. The Labute approximate surface area is 139 Å². The molecule has 1 aliphatic rings. The number of benzene rings is 1. The summed E-state index contributed by atoms with van der Waals surface area (Å²) in [5.41, 5.74) is 1.84. The molecule has 0 aliphatic carbocycles. The normalized spacial score (nSPS) is 13.9. The van der Waals surface area contributed by atoms with Crippen LogP contribution in [0.15, 0.2) is 30.6 Å². The summed E-state index contributed by atoms with van der Waals surface area (Å²) >= 11 is 0. The van der Waals surface area contributed by atoms with Crippen molar-refractivity contribution in [3.05, 3.63) is 47.3 Å². The van der Waals surface area contributed by atoms with Gasteiger partial charge in [-0.2, -0.15) is 5.10 Å². The van der Waals surface area contributed by atoms with Crippen molar-refractivity contribution in [2.75, 3.05) is 6.61 Å². The Morgan fingerprint density at radius 3 is 3.04 bits per heavy atom. The van der Waals surface area contributed by atoms with E-state index in [-0.39, 0.29) is 0 Å². The lowest BCUT2D eigenvalue weighted by atomic mass is 10.0. The summed E-state index contributed by atoms with van der Waals surface area (Å²) in [4.78, 5) is 23.9. The predicted octanol–water partition coefficient (Wildman–Crippen LogP) is 1.78. The number of hydrogen-bond donors (Lipinski definition) is 2. The van der Waals surface area contributed by atoms with Gasteiger partial charge < -0.3 is 15.2 Å². The molecular formula is C17H19N3O4. The topological polar surface area (TPSA) is 93.5 Å². The summed E-state index contributed by atoms with van der Waals surface area (Å²) in [5, 5.41) is 16.1. The third kappa shape index (κ3) is 3.24. The molecule has 0 bridgehead atoms. The Balaban J connectivity index is 1.78. The van der Waals surface area contributed by atoms with Gasteiger partial charge in [-0.3, -0.25) is 9.48 Å². The molecule has 3 rings (SSSR count). The molecule has 24 heavy (non-hydrogen) atoms. The van der Waals surface area contributed by atoms with Gasteiger partial charge in [0, 0.05) is 19.2 Å². The van der Waals surface area contributed by atoms with E-state index >= 15 is 0 Å². The predicted molar refractivity (Wildman–Crippen MR) is 86.0 cm³/mol.